The van der Waals surface area contributed by atoms with E-state index in [2.05, 4.69) is 37.2 Å². The lowest BCUT2D eigenvalue weighted by Crippen LogP contribution is -2.63. The van der Waals surface area contributed by atoms with Gasteiger partial charge in [-0.25, -0.2) is 4.79 Å². The molecular formula is C51H78N10O13S. The van der Waals surface area contributed by atoms with Gasteiger partial charge in [-0.15, -0.1) is 0 Å². The first-order chi connectivity index (χ1) is 35.6. The number of hydrogen-bond acceptors (Lipinski definition) is 15. The molecule has 0 aromatic heterocycles. The van der Waals surface area contributed by atoms with Gasteiger partial charge in [0, 0.05) is 19.4 Å². The van der Waals surface area contributed by atoms with E-state index in [1.807, 2.05) is 20.1 Å². The predicted octanol–water partition coefficient (Wildman–Crippen LogP) is -2.05. The molecule has 23 nitrogen and oxygen atoms in total. The lowest BCUT2D eigenvalue weighted by Gasteiger charge is -2.31. The number of nitrogens with two attached hydrogens (primary N) is 2. The number of aliphatic hydroxyl groups excluding tert-OH is 3. The second-order valence-corrected chi connectivity index (χ2v) is 20.1. The number of carboxylic acid groups (broad SMARTS) is 1. The number of carbonyl (C=O) groups is 9. The Morgan fingerprint density at radius 2 is 1.13 bits per heavy atom. The highest BCUT2D eigenvalue weighted by molar-refractivity contribution is 7.98. The average Bonchev–Trinajstić information content (AvgIpc) is 3.87. The number of rotatable bonds is 32. The van der Waals surface area contributed by atoms with Crippen LogP contribution in [0.2, 0.25) is 0 Å². The van der Waals surface area contributed by atoms with Crippen molar-refractivity contribution >= 4 is 65.0 Å². The van der Waals surface area contributed by atoms with Crippen LogP contribution in [-0.2, 0) is 56.0 Å². The van der Waals surface area contributed by atoms with Crippen molar-refractivity contribution in [3.8, 4) is 0 Å². The summed E-state index contributed by atoms with van der Waals surface area (Å²) < 4.78 is 0. The van der Waals surface area contributed by atoms with Gasteiger partial charge in [0.2, 0.25) is 47.3 Å². The number of unbranched alkanes of at least 4 members (excludes halogenated alkanes) is 1. The number of amides is 8. The van der Waals surface area contributed by atoms with Crippen LogP contribution in [0.3, 0.4) is 0 Å². The Morgan fingerprint density at radius 1 is 0.640 bits per heavy atom. The van der Waals surface area contributed by atoms with Gasteiger partial charge in [-0.2, -0.15) is 11.8 Å². The normalized spacial score (nSPS) is 17.3. The van der Waals surface area contributed by atoms with Gasteiger partial charge in [0.25, 0.3) is 0 Å². The fraction of sp³-hybridized carbons (Fsp3) is 0.588. The molecule has 1 fully saturated rings. The topological polar surface area (TPSA) is 374 Å². The summed E-state index contributed by atoms with van der Waals surface area (Å²) in [6, 6.07) is 5.10. The lowest BCUT2D eigenvalue weighted by molar-refractivity contribution is -0.144. The molecule has 0 spiro atoms. The molecule has 1 aliphatic heterocycles. The van der Waals surface area contributed by atoms with Crippen LogP contribution in [-0.4, -0.2) is 177 Å². The largest absolute Gasteiger partial charge is 0.480 e. The summed E-state index contributed by atoms with van der Waals surface area (Å²) in [6.07, 6.45) is 0.419. The monoisotopic (exact) mass is 1070 g/mol. The fourth-order valence-electron chi connectivity index (χ4n) is 8.30. The third kappa shape index (κ3) is 20.8. The SMILES string of the molecule is CSCC[C@H](N)C(=O)N[C@@H](Cc1ccccc1)C(=O)N[C@@H](CC(C)C)C(=O)N[C@@H](CO)C(=O)N[C@@H](Cc1ccccc1)C(=O)N1CCC[C@H]1C(=O)N[C@H](C(=O)N[C@H](C(=O)N[C@@H](CCCCN)C(=O)O)[C@@H](C)O)[C@@H](C)O. The van der Waals surface area contributed by atoms with Crippen molar-refractivity contribution in [3.05, 3.63) is 71.8 Å². The molecule has 15 N–H and O–H groups in total. The number of nitrogens with zero attached hydrogens (tertiary/aromatic N) is 1. The number of carboxylic acids is 1. The molecule has 0 bridgehead atoms. The van der Waals surface area contributed by atoms with Gasteiger partial charge >= 0.3 is 5.97 Å². The zero-order valence-electron chi connectivity index (χ0n) is 43.4. The number of hydrogen-bond donors (Lipinski definition) is 13. The zero-order valence-corrected chi connectivity index (χ0v) is 44.2. The summed E-state index contributed by atoms with van der Waals surface area (Å²) in [5.74, 6) is -7.72. The zero-order chi connectivity index (χ0) is 55.8. The summed E-state index contributed by atoms with van der Waals surface area (Å²) in [5, 5.41) is 58.9. The first-order valence-electron chi connectivity index (χ1n) is 25.3. The smallest absolute Gasteiger partial charge is 0.326 e. The standard InChI is InChI=1S/C51H78N10O13S/c1-29(2)25-36(56-45(67)37(26-32-15-8-6-9-16-32)55-43(65)34(53)21-24-75-5)44(66)58-39(28-62)46(68)57-38(27-33-17-10-7-11-18-33)50(72)61-23-14-20-40(61)47(69)59-42(31(4)64)49(71)60-41(30(3)63)48(70)54-35(51(73)74)19-12-13-22-52/h6-11,15-18,29-31,34-42,62-64H,12-14,19-28,52-53H2,1-5H3,(H,54,70)(H,55,65)(H,56,67)(H,57,68)(H,58,66)(H,59,69)(H,60,71)(H,73,74)/t30-,31-,34+,35+,36+,37+,38+,39+,40+,41+,42+/m1/s1. The number of thioether (sulfide) groups is 1. The third-order valence-corrected chi connectivity index (χ3v) is 13.1. The predicted molar refractivity (Wildman–Crippen MR) is 280 cm³/mol. The van der Waals surface area contributed by atoms with Crippen molar-refractivity contribution in [3.63, 3.8) is 0 Å². The molecule has 0 unspecified atom stereocenters. The second kappa shape index (κ2) is 32.3. The average molecular weight is 1070 g/mol. The van der Waals surface area contributed by atoms with E-state index in [1.165, 1.54) is 30.5 Å². The molecule has 1 aliphatic rings. The van der Waals surface area contributed by atoms with E-state index >= 15 is 0 Å². The minimum atomic E-state index is -1.73. The van der Waals surface area contributed by atoms with Crippen LogP contribution in [0, 0.1) is 5.92 Å². The van der Waals surface area contributed by atoms with Crippen molar-refractivity contribution in [1.82, 2.24) is 42.1 Å². The molecule has 416 valence electrons. The molecule has 75 heavy (non-hydrogen) atoms. The van der Waals surface area contributed by atoms with E-state index in [1.54, 1.807) is 60.7 Å². The van der Waals surface area contributed by atoms with Crippen LogP contribution in [0.1, 0.15) is 83.8 Å². The Hall–Kier alpha value is -6.18. The minimum Gasteiger partial charge on any atom is -0.480 e. The highest BCUT2D eigenvalue weighted by Crippen LogP contribution is 2.21. The molecule has 1 saturated heterocycles. The second-order valence-electron chi connectivity index (χ2n) is 19.2. The van der Waals surface area contributed by atoms with E-state index in [0.29, 0.717) is 43.5 Å². The van der Waals surface area contributed by atoms with E-state index < -0.39 is 126 Å². The van der Waals surface area contributed by atoms with Crippen molar-refractivity contribution in [1.29, 1.82) is 0 Å². The van der Waals surface area contributed by atoms with E-state index in [-0.39, 0.29) is 44.6 Å². The molecule has 1 heterocycles. The molecule has 24 heteroatoms. The molecule has 11 atom stereocenters. The van der Waals surface area contributed by atoms with Crippen molar-refractivity contribution < 1.29 is 63.6 Å². The maximum absolute atomic E-state index is 14.6. The molecule has 0 saturated carbocycles. The number of carbonyl (C=O) groups excluding carboxylic acids is 8. The quantitative estimate of drug-likeness (QED) is 0.0351. The maximum atomic E-state index is 14.6. The summed E-state index contributed by atoms with van der Waals surface area (Å²) in [6.45, 7) is 5.37. The molecule has 8 amide bonds. The first kappa shape index (κ1) is 63.1. The van der Waals surface area contributed by atoms with Gasteiger partial charge in [0.15, 0.2) is 0 Å². The molecule has 0 aliphatic carbocycles. The van der Waals surface area contributed by atoms with E-state index in [9.17, 15) is 63.6 Å². The van der Waals surface area contributed by atoms with Gasteiger partial charge in [0.1, 0.15) is 48.3 Å². The minimum absolute atomic E-state index is 0.0199. The fourth-order valence-corrected chi connectivity index (χ4v) is 8.79. The van der Waals surface area contributed by atoms with Crippen molar-refractivity contribution in [2.75, 3.05) is 31.7 Å². The van der Waals surface area contributed by atoms with Crippen LogP contribution >= 0.6 is 11.8 Å². The molecule has 2 aromatic rings. The number of nitrogens with one attached hydrogen (secondary N) is 7. The van der Waals surface area contributed by atoms with Gasteiger partial charge in [-0.05, 0) is 94.4 Å². The number of aliphatic hydroxyl groups is 3. The van der Waals surface area contributed by atoms with Gasteiger partial charge in [-0.1, -0.05) is 74.5 Å². The summed E-state index contributed by atoms with van der Waals surface area (Å²) >= 11 is 1.51. The summed E-state index contributed by atoms with van der Waals surface area (Å²) in [5.41, 5.74) is 12.9. The third-order valence-electron chi connectivity index (χ3n) is 12.5. The van der Waals surface area contributed by atoms with E-state index in [0.717, 1.165) is 5.56 Å². The van der Waals surface area contributed by atoms with Gasteiger partial charge < -0.3 is 74.0 Å². The van der Waals surface area contributed by atoms with Gasteiger partial charge in [0.05, 0.1) is 24.9 Å². The van der Waals surface area contributed by atoms with Crippen molar-refractivity contribution in [2.45, 2.75) is 152 Å². The van der Waals surface area contributed by atoms with Crippen LogP contribution in [0.5, 0.6) is 0 Å². The van der Waals surface area contributed by atoms with E-state index in [4.69, 9.17) is 11.5 Å². The Kier molecular flexibility index (Phi) is 27.2. The van der Waals surface area contributed by atoms with Gasteiger partial charge in [-0.3, -0.25) is 38.4 Å². The Bertz CT molecular complexity index is 2190. The number of likely N-dealkylation sites (tertiary alicyclic amines) is 1. The molecular weight excluding hydrogens is 993 g/mol. The number of aliphatic carboxylic acids is 1. The van der Waals surface area contributed by atoms with Crippen LogP contribution in [0.25, 0.3) is 0 Å². The molecule has 2 aromatic carbocycles. The lowest BCUT2D eigenvalue weighted by atomic mass is 10.0. The van der Waals surface area contributed by atoms with Crippen LogP contribution in [0.4, 0.5) is 0 Å². The Labute approximate surface area is 442 Å². The highest BCUT2D eigenvalue weighted by atomic mass is 32.2. The Balaban J connectivity index is 1.83. The summed E-state index contributed by atoms with van der Waals surface area (Å²) in [4.78, 5) is 124. The maximum Gasteiger partial charge on any atom is 0.326 e. The molecule has 0 radical (unpaired) electrons. The van der Waals surface area contributed by atoms with Crippen molar-refractivity contribution in [2.24, 2.45) is 17.4 Å². The molecule has 3 rings (SSSR count). The van der Waals surface area contributed by atoms with Crippen LogP contribution in [0.15, 0.2) is 60.7 Å². The highest BCUT2D eigenvalue weighted by Gasteiger charge is 2.41. The number of benzene rings is 2. The summed E-state index contributed by atoms with van der Waals surface area (Å²) in [7, 11) is 0. The Morgan fingerprint density at radius 3 is 1.67 bits per heavy atom. The first-order valence-corrected chi connectivity index (χ1v) is 26.7. The van der Waals surface area contributed by atoms with Crippen LogP contribution < -0.4 is 48.7 Å².